The summed E-state index contributed by atoms with van der Waals surface area (Å²) in [5, 5.41) is 2.54. The molecule has 1 heterocycles. The van der Waals surface area contributed by atoms with E-state index < -0.39 is 11.6 Å². The number of anilines is 2. The Bertz CT molecular complexity index is 459. The van der Waals surface area contributed by atoms with Crippen molar-refractivity contribution in [3.05, 3.63) is 41.7 Å². The van der Waals surface area contributed by atoms with Crippen molar-refractivity contribution in [2.75, 3.05) is 5.32 Å². The van der Waals surface area contributed by atoms with Crippen LogP contribution in [-0.4, -0.2) is 9.97 Å². The molecule has 2 aromatic rings. The summed E-state index contributed by atoms with van der Waals surface area (Å²) in [6, 6.07) is 3.67. The first kappa shape index (κ1) is 9.64. The van der Waals surface area contributed by atoms with Crippen molar-refractivity contribution in [2.24, 2.45) is 0 Å². The molecule has 1 aromatic heterocycles. The van der Waals surface area contributed by atoms with Crippen LogP contribution < -0.4 is 5.32 Å². The van der Waals surface area contributed by atoms with E-state index in [1.54, 1.807) is 13.1 Å². The lowest BCUT2D eigenvalue weighted by Gasteiger charge is -2.04. The molecule has 0 spiro atoms. The van der Waals surface area contributed by atoms with Gasteiger partial charge in [-0.25, -0.2) is 13.8 Å². The van der Waals surface area contributed by atoms with Gasteiger partial charge in [0.2, 0.25) is 5.95 Å². The quantitative estimate of drug-likeness (QED) is 0.798. The molecule has 0 unspecified atom stereocenters. The molecular weight excluding hydrogens is 200 g/mol. The summed E-state index contributed by atoms with van der Waals surface area (Å²) in [6.07, 6.45) is 1.57. The molecule has 0 aliphatic heterocycles. The number of rotatable bonds is 2. The summed E-state index contributed by atoms with van der Waals surface area (Å²) in [6.45, 7) is 1.80. The minimum atomic E-state index is -0.649. The van der Waals surface area contributed by atoms with Gasteiger partial charge < -0.3 is 10.3 Å². The fourth-order valence-electron chi connectivity index (χ4n) is 1.21. The number of aromatic nitrogens is 2. The van der Waals surface area contributed by atoms with Crippen molar-refractivity contribution in [3.63, 3.8) is 0 Å². The van der Waals surface area contributed by atoms with Crippen molar-refractivity contribution in [1.82, 2.24) is 9.97 Å². The number of H-pyrrole nitrogens is 1. The molecule has 0 amide bonds. The molecule has 5 heteroatoms. The molecule has 0 fully saturated rings. The fraction of sp³-hybridized carbons (Fsp3) is 0.100. The molecule has 0 atom stereocenters. The van der Waals surface area contributed by atoms with Gasteiger partial charge in [-0.3, -0.25) is 0 Å². The number of benzene rings is 1. The highest BCUT2D eigenvalue weighted by atomic mass is 19.1. The van der Waals surface area contributed by atoms with Crippen LogP contribution in [-0.2, 0) is 0 Å². The molecule has 0 aliphatic rings. The number of nitrogens with one attached hydrogen (secondary N) is 2. The Kier molecular flexibility index (Phi) is 2.37. The Labute approximate surface area is 85.2 Å². The van der Waals surface area contributed by atoms with Crippen molar-refractivity contribution in [1.29, 1.82) is 0 Å². The molecular formula is C10H9F2N3. The van der Waals surface area contributed by atoms with Gasteiger partial charge >= 0.3 is 0 Å². The lowest BCUT2D eigenvalue weighted by molar-refractivity contribution is 0.590. The van der Waals surface area contributed by atoms with Crippen LogP contribution in [0.4, 0.5) is 20.4 Å². The zero-order valence-corrected chi connectivity index (χ0v) is 8.01. The van der Waals surface area contributed by atoms with Gasteiger partial charge in [0.05, 0.1) is 0 Å². The molecule has 78 valence electrons. The van der Waals surface area contributed by atoms with Crippen LogP contribution >= 0.6 is 0 Å². The molecule has 0 saturated carbocycles. The molecule has 15 heavy (non-hydrogen) atoms. The van der Waals surface area contributed by atoms with Gasteiger partial charge in [0.25, 0.3) is 0 Å². The first-order chi connectivity index (χ1) is 7.16. The standard InChI is InChI=1S/C10H9F2N3/c1-6-5-13-10(14-6)15-9-7(11)3-2-4-8(9)12/h2-5H,1H3,(H2,13,14,15). The average Bonchev–Trinajstić information content (AvgIpc) is 2.58. The van der Waals surface area contributed by atoms with E-state index in [1.165, 1.54) is 18.2 Å². The number of hydrogen-bond acceptors (Lipinski definition) is 2. The maximum atomic E-state index is 13.2. The number of aromatic amines is 1. The normalized spacial score (nSPS) is 10.3. The zero-order chi connectivity index (χ0) is 10.8. The first-order valence-electron chi connectivity index (χ1n) is 4.39. The van der Waals surface area contributed by atoms with Crippen LogP contribution in [0.5, 0.6) is 0 Å². The smallest absolute Gasteiger partial charge is 0.204 e. The zero-order valence-electron chi connectivity index (χ0n) is 8.01. The van der Waals surface area contributed by atoms with Gasteiger partial charge in [-0.2, -0.15) is 0 Å². The monoisotopic (exact) mass is 209 g/mol. The molecule has 0 saturated heterocycles. The summed E-state index contributed by atoms with van der Waals surface area (Å²) in [7, 11) is 0. The van der Waals surface area contributed by atoms with E-state index in [2.05, 4.69) is 15.3 Å². The largest absolute Gasteiger partial charge is 0.328 e. The molecule has 3 nitrogen and oxygen atoms in total. The van der Waals surface area contributed by atoms with E-state index in [-0.39, 0.29) is 5.69 Å². The van der Waals surface area contributed by atoms with Crippen LogP contribution in [0.3, 0.4) is 0 Å². The molecule has 0 radical (unpaired) electrons. The van der Waals surface area contributed by atoms with Gasteiger partial charge in [0.15, 0.2) is 0 Å². The number of hydrogen-bond donors (Lipinski definition) is 2. The second-order valence-electron chi connectivity index (χ2n) is 3.14. The Balaban J connectivity index is 2.31. The van der Waals surface area contributed by atoms with Crippen molar-refractivity contribution in [2.45, 2.75) is 6.92 Å². The van der Waals surface area contributed by atoms with Crippen molar-refractivity contribution in [3.8, 4) is 0 Å². The van der Waals surface area contributed by atoms with E-state index in [9.17, 15) is 8.78 Å². The highest BCUT2D eigenvalue weighted by molar-refractivity contribution is 5.55. The molecule has 2 rings (SSSR count). The van der Waals surface area contributed by atoms with Crippen LogP contribution in [0.2, 0.25) is 0 Å². The molecule has 2 N–H and O–H groups in total. The van der Waals surface area contributed by atoms with Gasteiger partial charge in [-0.05, 0) is 19.1 Å². The SMILES string of the molecule is Cc1cnc(Nc2c(F)cccc2F)[nH]1. The summed E-state index contributed by atoms with van der Waals surface area (Å²) >= 11 is 0. The van der Waals surface area contributed by atoms with Gasteiger partial charge in [0.1, 0.15) is 17.3 Å². The number of halogens is 2. The van der Waals surface area contributed by atoms with Crippen LogP contribution in [0, 0.1) is 18.6 Å². The molecule has 0 aliphatic carbocycles. The Morgan fingerprint density at radius 2 is 1.93 bits per heavy atom. The average molecular weight is 209 g/mol. The van der Waals surface area contributed by atoms with Crippen molar-refractivity contribution >= 4 is 11.6 Å². The van der Waals surface area contributed by atoms with Crippen LogP contribution in [0.1, 0.15) is 5.69 Å². The van der Waals surface area contributed by atoms with Crippen LogP contribution in [0.15, 0.2) is 24.4 Å². The third-order valence-electron chi connectivity index (χ3n) is 1.91. The Morgan fingerprint density at radius 1 is 1.27 bits per heavy atom. The highest BCUT2D eigenvalue weighted by Gasteiger charge is 2.09. The lowest BCUT2D eigenvalue weighted by atomic mass is 10.3. The second kappa shape index (κ2) is 3.68. The van der Waals surface area contributed by atoms with E-state index >= 15 is 0 Å². The van der Waals surface area contributed by atoms with Gasteiger partial charge in [-0.15, -0.1) is 0 Å². The maximum absolute atomic E-state index is 13.2. The lowest BCUT2D eigenvalue weighted by Crippen LogP contribution is -1.98. The van der Waals surface area contributed by atoms with Gasteiger partial charge in [0, 0.05) is 11.9 Å². The molecule has 0 bridgehead atoms. The number of aryl methyl sites for hydroxylation is 1. The highest BCUT2D eigenvalue weighted by Crippen LogP contribution is 2.21. The number of imidazole rings is 1. The van der Waals surface area contributed by atoms with E-state index in [1.807, 2.05) is 0 Å². The first-order valence-corrected chi connectivity index (χ1v) is 4.39. The van der Waals surface area contributed by atoms with E-state index in [0.717, 1.165) is 5.69 Å². The summed E-state index contributed by atoms with van der Waals surface area (Å²) < 4.78 is 26.4. The maximum Gasteiger partial charge on any atom is 0.204 e. The summed E-state index contributed by atoms with van der Waals surface area (Å²) in [4.78, 5) is 6.72. The minimum Gasteiger partial charge on any atom is -0.328 e. The van der Waals surface area contributed by atoms with E-state index in [4.69, 9.17) is 0 Å². The third-order valence-corrected chi connectivity index (χ3v) is 1.91. The van der Waals surface area contributed by atoms with Crippen LogP contribution in [0.25, 0.3) is 0 Å². The predicted molar refractivity (Wildman–Crippen MR) is 53.0 cm³/mol. The second-order valence-corrected chi connectivity index (χ2v) is 3.14. The summed E-state index contributed by atoms with van der Waals surface area (Å²) in [5.74, 6) is -0.982. The molecule has 1 aromatic carbocycles. The number of para-hydroxylation sites is 1. The van der Waals surface area contributed by atoms with E-state index in [0.29, 0.717) is 5.95 Å². The predicted octanol–water partition coefficient (Wildman–Crippen LogP) is 2.74. The third kappa shape index (κ3) is 1.96. The number of nitrogens with zero attached hydrogens (tertiary/aromatic N) is 1. The Morgan fingerprint density at radius 3 is 2.47 bits per heavy atom. The topological polar surface area (TPSA) is 40.7 Å². The fourth-order valence-corrected chi connectivity index (χ4v) is 1.21. The Hall–Kier alpha value is -1.91. The minimum absolute atomic E-state index is 0.202. The van der Waals surface area contributed by atoms with Crippen molar-refractivity contribution < 1.29 is 8.78 Å². The van der Waals surface area contributed by atoms with Gasteiger partial charge in [-0.1, -0.05) is 6.07 Å². The summed E-state index contributed by atoms with van der Waals surface area (Å²) in [5.41, 5.74) is 0.612.